The molecule has 0 radical (unpaired) electrons. The van der Waals surface area contributed by atoms with Gasteiger partial charge in [-0.15, -0.1) is 0 Å². The van der Waals surface area contributed by atoms with Gasteiger partial charge in [0.2, 0.25) is 11.7 Å². The van der Waals surface area contributed by atoms with E-state index in [9.17, 15) is 27.6 Å². The van der Waals surface area contributed by atoms with E-state index in [1.165, 1.54) is 31.4 Å². The second-order valence-corrected chi connectivity index (χ2v) is 9.64. The standard InChI is InChI=1S/C30H25F3N2O5/c1-29(2,28(38)39-3)17-23(36)20-11-9-18(10-12-20)19-13-15-22(16-14-19)34-26(37)24-25(30(31,32)33)40-27(35-24)21-7-5-4-6-8-21/h4-16H,17H2,1-3H3,(H,34,37). The molecule has 1 amide bonds. The van der Waals surface area contributed by atoms with Gasteiger partial charge in [0.05, 0.1) is 12.5 Å². The molecule has 1 heterocycles. The fourth-order valence-electron chi connectivity index (χ4n) is 4.01. The maximum Gasteiger partial charge on any atom is 0.452 e. The molecule has 206 valence electrons. The van der Waals surface area contributed by atoms with Crippen LogP contribution in [0.5, 0.6) is 0 Å². The van der Waals surface area contributed by atoms with Crippen LogP contribution in [0, 0.1) is 5.41 Å². The summed E-state index contributed by atoms with van der Waals surface area (Å²) < 4.78 is 50.4. The zero-order valence-corrected chi connectivity index (χ0v) is 21.8. The predicted molar refractivity (Wildman–Crippen MR) is 142 cm³/mol. The number of nitrogens with one attached hydrogen (secondary N) is 1. The van der Waals surface area contributed by atoms with Crippen molar-refractivity contribution in [2.75, 3.05) is 12.4 Å². The number of halogens is 3. The molecule has 0 unspecified atom stereocenters. The normalized spacial score (nSPS) is 11.7. The highest BCUT2D eigenvalue weighted by molar-refractivity contribution is 6.04. The van der Waals surface area contributed by atoms with Gasteiger partial charge in [0, 0.05) is 23.2 Å². The Bertz CT molecular complexity index is 1520. The van der Waals surface area contributed by atoms with Gasteiger partial charge in [-0.3, -0.25) is 14.4 Å². The molecule has 0 saturated carbocycles. The van der Waals surface area contributed by atoms with E-state index in [2.05, 4.69) is 10.3 Å². The summed E-state index contributed by atoms with van der Waals surface area (Å²) in [6, 6.07) is 21.2. The first kappa shape index (κ1) is 28.3. The van der Waals surface area contributed by atoms with E-state index in [0.717, 1.165) is 11.1 Å². The van der Waals surface area contributed by atoms with Crippen molar-refractivity contribution in [2.24, 2.45) is 5.41 Å². The van der Waals surface area contributed by atoms with E-state index < -0.39 is 34.9 Å². The lowest BCUT2D eigenvalue weighted by molar-refractivity contribution is -0.153. The number of nitrogens with zero attached hydrogens (tertiary/aromatic N) is 1. The van der Waals surface area contributed by atoms with E-state index >= 15 is 0 Å². The Labute approximate surface area is 228 Å². The van der Waals surface area contributed by atoms with E-state index in [1.54, 1.807) is 68.4 Å². The Morgan fingerprint density at radius 3 is 1.98 bits per heavy atom. The van der Waals surface area contributed by atoms with Gasteiger partial charge in [0.1, 0.15) is 0 Å². The lowest BCUT2D eigenvalue weighted by Gasteiger charge is -2.20. The number of benzene rings is 3. The van der Waals surface area contributed by atoms with Gasteiger partial charge < -0.3 is 14.5 Å². The predicted octanol–water partition coefficient (Wildman–Crippen LogP) is 7.05. The maximum atomic E-state index is 13.6. The molecule has 0 bridgehead atoms. The molecule has 4 rings (SSSR count). The van der Waals surface area contributed by atoms with Crippen LogP contribution in [0.2, 0.25) is 0 Å². The number of esters is 1. The number of anilines is 1. The average molecular weight is 551 g/mol. The molecular weight excluding hydrogens is 525 g/mol. The molecule has 1 N–H and O–H groups in total. The smallest absolute Gasteiger partial charge is 0.452 e. The molecule has 0 saturated heterocycles. The minimum Gasteiger partial charge on any atom is -0.469 e. The molecular formula is C30H25F3N2O5. The number of hydrogen-bond acceptors (Lipinski definition) is 6. The Morgan fingerprint density at radius 2 is 1.43 bits per heavy atom. The van der Waals surface area contributed by atoms with Crippen molar-refractivity contribution in [3.8, 4) is 22.6 Å². The van der Waals surface area contributed by atoms with Gasteiger partial charge in [0.25, 0.3) is 5.91 Å². The molecule has 0 fully saturated rings. The van der Waals surface area contributed by atoms with Crippen molar-refractivity contribution in [3.63, 3.8) is 0 Å². The van der Waals surface area contributed by atoms with Gasteiger partial charge in [-0.2, -0.15) is 13.2 Å². The molecule has 4 aromatic rings. The summed E-state index contributed by atoms with van der Waals surface area (Å²) in [6.45, 7) is 3.28. The van der Waals surface area contributed by atoms with E-state index in [0.29, 0.717) is 11.1 Å². The SMILES string of the molecule is COC(=O)C(C)(C)CC(=O)c1ccc(-c2ccc(NC(=O)c3nc(-c4ccccc4)oc3C(F)(F)F)cc2)cc1. The highest BCUT2D eigenvalue weighted by Gasteiger charge is 2.42. The summed E-state index contributed by atoms with van der Waals surface area (Å²) in [5.74, 6) is -3.54. The van der Waals surface area contributed by atoms with Crippen molar-refractivity contribution >= 4 is 23.3 Å². The first-order valence-corrected chi connectivity index (χ1v) is 12.2. The number of amides is 1. The fraction of sp³-hybridized carbons (Fsp3) is 0.200. The molecule has 3 aromatic carbocycles. The van der Waals surface area contributed by atoms with Gasteiger partial charge in [-0.25, -0.2) is 4.98 Å². The summed E-state index contributed by atoms with van der Waals surface area (Å²) in [5, 5.41) is 2.43. The highest BCUT2D eigenvalue weighted by Crippen LogP contribution is 2.35. The number of hydrogen-bond donors (Lipinski definition) is 1. The number of carbonyl (C=O) groups excluding carboxylic acids is 3. The van der Waals surface area contributed by atoms with Gasteiger partial charge in [-0.1, -0.05) is 54.6 Å². The quantitative estimate of drug-likeness (QED) is 0.186. The number of methoxy groups -OCH3 is 1. The molecule has 1 aromatic heterocycles. The zero-order valence-electron chi connectivity index (χ0n) is 21.8. The lowest BCUT2D eigenvalue weighted by atomic mass is 9.85. The van der Waals surface area contributed by atoms with Crippen molar-refractivity contribution in [2.45, 2.75) is 26.4 Å². The molecule has 0 aliphatic rings. The molecule has 7 nitrogen and oxygen atoms in total. The first-order valence-electron chi connectivity index (χ1n) is 12.2. The lowest BCUT2D eigenvalue weighted by Crippen LogP contribution is -2.28. The second-order valence-electron chi connectivity index (χ2n) is 9.64. The Hall–Kier alpha value is -4.73. The van der Waals surface area contributed by atoms with Crippen molar-refractivity contribution < 1.29 is 36.7 Å². The number of oxazole rings is 1. The largest absolute Gasteiger partial charge is 0.469 e. The molecule has 10 heteroatoms. The number of aromatic nitrogens is 1. The third kappa shape index (κ3) is 6.28. The van der Waals surface area contributed by atoms with Crippen LogP contribution >= 0.6 is 0 Å². The Balaban J connectivity index is 1.48. The molecule has 0 aliphatic heterocycles. The average Bonchev–Trinajstić information content (AvgIpc) is 3.40. The van der Waals surface area contributed by atoms with E-state index in [4.69, 9.17) is 9.15 Å². The highest BCUT2D eigenvalue weighted by atomic mass is 19.4. The minimum absolute atomic E-state index is 0.0121. The fourth-order valence-corrected chi connectivity index (χ4v) is 4.01. The summed E-state index contributed by atoms with van der Waals surface area (Å²) in [5.41, 5.74) is 0.680. The maximum absolute atomic E-state index is 13.6. The number of ether oxygens (including phenoxy) is 1. The van der Waals surface area contributed by atoms with Crippen LogP contribution in [-0.4, -0.2) is 29.8 Å². The summed E-state index contributed by atoms with van der Waals surface area (Å²) >= 11 is 0. The van der Waals surface area contributed by atoms with Crippen LogP contribution < -0.4 is 5.32 Å². The number of carbonyl (C=O) groups is 3. The van der Waals surface area contributed by atoms with Crippen LogP contribution in [0.3, 0.4) is 0 Å². The van der Waals surface area contributed by atoms with Gasteiger partial charge in [-0.05, 0) is 49.2 Å². The van der Waals surface area contributed by atoms with Gasteiger partial charge >= 0.3 is 12.1 Å². The van der Waals surface area contributed by atoms with Crippen molar-refractivity contribution in [3.05, 3.63) is 95.9 Å². The molecule has 0 atom stereocenters. The number of Topliss-reactive ketones (excluding diaryl/α,β-unsaturated/α-hetero) is 1. The monoisotopic (exact) mass is 550 g/mol. The van der Waals surface area contributed by atoms with Crippen LogP contribution in [0.25, 0.3) is 22.6 Å². The minimum atomic E-state index is -4.92. The van der Waals surface area contributed by atoms with Crippen molar-refractivity contribution in [1.29, 1.82) is 0 Å². The third-order valence-corrected chi connectivity index (χ3v) is 6.14. The second kappa shape index (κ2) is 11.2. The third-order valence-electron chi connectivity index (χ3n) is 6.14. The van der Waals surface area contributed by atoms with Crippen LogP contribution in [0.15, 0.2) is 83.3 Å². The van der Waals surface area contributed by atoms with Crippen LogP contribution in [0.4, 0.5) is 18.9 Å². The van der Waals surface area contributed by atoms with Crippen LogP contribution in [0.1, 0.15) is 46.9 Å². The zero-order chi connectivity index (χ0) is 29.1. The first-order chi connectivity index (χ1) is 18.9. The van der Waals surface area contributed by atoms with Crippen LogP contribution in [-0.2, 0) is 15.7 Å². The van der Waals surface area contributed by atoms with Crippen molar-refractivity contribution in [1.82, 2.24) is 4.98 Å². The van der Waals surface area contributed by atoms with E-state index in [-0.39, 0.29) is 23.8 Å². The molecule has 0 aliphatic carbocycles. The summed E-state index contributed by atoms with van der Waals surface area (Å²) in [7, 11) is 1.27. The number of alkyl halides is 3. The van der Waals surface area contributed by atoms with E-state index in [1.807, 2.05) is 0 Å². The topological polar surface area (TPSA) is 98.5 Å². The van der Waals surface area contributed by atoms with Gasteiger partial charge in [0.15, 0.2) is 11.5 Å². The molecule has 40 heavy (non-hydrogen) atoms. The number of ketones is 1. The summed E-state index contributed by atoms with van der Waals surface area (Å²) in [6.07, 6.45) is -4.93. The molecule has 0 spiro atoms. The summed E-state index contributed by atoms with van der Waals surface area (Å²) in [4.78, 5) is 41.1. The Kier molecular flexibility index (Phi) is 7.90. The number of rotatable bonds is 8. The Morgan fingerprint density at radius 1 is 0.850 bits per heavy atom.